The number of carbonyl (C=O) groups is 2. The Balaban J connectivity index is 2.12. The van der Waals surface area contributed by atoms with Crippen LogP contribution >= 0.6 is 0 Å². The van der Waals surface area contributed by atoms with Gasteiger partial charge in [0, 0.05) is 25.5 Å². The van der Waals surface area contributed by atoms with E-state index in [2.05, 4.69) is 25.6 Å². The van der Waals surface area contributed by atoms with Crippen LogP contribution in [0, 0.1) is 0 Å². The summed E-state index contributed by atoms with van der Waals surface area (Å²) >= 11 is 0. The van der Waals surface area contributed by atoms with Crippen molar-refractivity contribution in [2.45, 2.75) is 19.9 Å². The zero-order valence-electron chi connectivity index (χ0n) is 18.0. The van der Waals surface area contributed by atoms with E-state index in [1.807, 2.05) is 0 Å². The topological polar surface area (TPSA) is 163 Å². The molecule has 4 N–H and O–H groups in total. The van der Waals surface area contributed by atoms with Crippen molar-refractivity contribution < 1.29 is 19.1 Å². The molecule has 0 aliphatic rings. The van der Waals surface area contributed by atoms with Gasteiger partial charge in [-0.2, -0.15) is 0 Å². The standard InChI is InChI=1S/C20H23N7O5/c1-10(2)27-18(30)12-5-6-13(32-9-14(28)22-3)16(31-4)15(12)25-20(27)26-17(29)11-7-23-19(21)24-8-11/h5-8,10H,9H2,1-4H3,(H,22,28)(H2,21,23,24)(H,25,26,29). The largest absolute Gasteiger partial charge is 0.491 e. The van der Waals surface area contributed by atoms with Crippen LogP contribution in [0.1, 0.15) is 30.2 Å². The van der Waals surface area contributed by atoms with Gasteiger partial charge in [0.05, 0.1) is 18.1 Å². The van der Waals surface area contributed by atoms with Gasteiger partial charge >= 0.3 is 0 Å². The number of hydrogen-bond donors (Lipinski definition) is 3. The summed E-state index contributed by atoms with van der Waals surface area (Å²) in [5.74, 6) is -0.502. The maximum Gasteiger partial charge on any atom is 0.263 e. The van der Waals surface area contributed by atoms with Crippen molar-refractivity contribution in [2.75, 3.05) is 31.8 Å². The van der Waals surface area contributed by atoms with E-state index in [1.165, 1.54) is 43.3 Å². The average Bonchev–Trinajstić information content (AvgIpc) is 2.77. The van der Waals surface area contributed by atoms with Gasteiger partial charge in [0.1, 0.15) is 5.52 Å². The van der Waals surface area contributed by atoms with Crippen LogP contribution in [0.2, 0.25) is 0 Å². The molecule has 12 nitrogen and oxygen atoms in total. The van der Waals surface area contributed by atoms with E-state index >= 15 is 0 Å². The molecule has 0 bridgehead atoms. The van der Waals surface area contributed by atoms with Crippen LogP contribution < -0.4 is 31.4 Å². The van der Waals surface area contributed by atoms with Crippen molar-refractivity contribution in [3.05, 3.63) is 40.4 Å². The van der Waals surface area contributed by atoms with E-state index < -0.39 is 5.91 Å². The summed E-state index contributed by atoms with van der Waals surface area (Å²) in [5.41, 5.74) is 5.39. The fourth-order valence-electron chi connectivity index (χ4n) is 2.94. The van der Waals surface area contributed by atoms with Crippen molar-refractivity contribution >= 4 is 34.6 Å². The van der Waals surface area contributed by atoms with Crippen molar-refractivity contribution in [3.8, 4) is 11.5 Å². The van der Waals surface area contributed by atoms with Crippen LogP contribution in [0.15, 0.2) is 29.3 Å². The number of anilines is 2. The quantitative estimate of drug-likeness (QED) is 0.479. The van der Waals surface area contributed by atoms with E-state index in [1.54, 1.807) is 13.8 Å². The maximum absolute atomic E-state index is 13.2. The van der Waals surface area contributed by atoms with Crippen LogP contribution in [-0.2, 0) is 4.79 Å². The molecule has 3 aromatic rings. The first-order valence-corrected chi connectivity index (χ1v) is 9.62. The van der Waals surface area contributed by atoms with Crippen molar-refractivity contribution in [2.24, 2.45) is 0 Å². The molecule has 3 rings (SSSR count). The second kappa shape index (κ2) is 9.29. The van der Waals surface area contributed by atoms with Crippen LogP contribution in [0.3, 0.4) is 0 Å². The molecule has 0 aliphatic heterocycles. The molecule has 1 aromatic carbocycles. The minimum Gasteiger partial charge on any atom is -0.491 e. The van der Waals surface area contributed by atoms with Crippen LogP contribution in [0.5, 0.6) is 11.5 Å². The predicted molar refractivity (Wildman–Crippen MR) is 117 cm³/mol. The zero-order chi connectivity index (χ0) is 23.4. The van der Waals surface area contributed by atoms with Gasteiger partial charge < -0.3 is 20.5 Å². The number of benzene rings is 1. The van der Waals surface area contributed by atoms with E-state index in [0.29, 0.717) is 0 Å². The SMILES string of the molecule is CNC(=O)COc1ccc2c(=O)n(C(C)C)c(NC(=O)c3cnc(N)nc3)nc2c1OC. The number of carbonyl (C=O) groups excluding carboxylic acids is 2. The molecule has 2 amide bonds. The summed E-state index contributed by atoms with van der Waals surface area (Å²) in [6.45, 7) is 3.33. The van der Waals surface area contributed by atoms with E-state index in [0.717, 1.165) is 0 Å². The number of rotatable bonds is 7. The molecule has 0 spiro atoms. The number of hydrogen-bond acceptors (Lipinski definition) is 9. The van der Waals surface area contributed by atoms with Gasteiger partial charge in [0.2, 0.25) is 11.9 Å². The Hall–Kier alpha value is -4.22. The number of methoxy groups -OCH3 is 1. The highest BCUT2D eigenvalue weighted by Gasteiger charge is 2.21. The van der Waals surface area contributed by atoms with Gasteiger partial charge in [0.25, 0.3) is 17.4 Å². The summed E-state index contributed by atoms with van der Waals surface area (Å²) in [5, 5.41) is 5.33. The Labute approximate surface area is 182 Å². The number of nitrogens with two attached hydrogens (primary N) is 1. The molecule has 0 fully saturated rings. The number of ether oxygens (including phenoxy) is 2. The van der Waals surface area contributed by atoms with Gasteiger partial charge in [-0.15, -0.1) is 0 Å². The number of aromatic nitrogens is 4. The summed E-state index contributed by atoms with van der Waals surface area (Å²) in [6.07, 6.45) is 2.53. The smallest absolute Gasteiger partial charge is 0.263 e. The first-order valence-electron chi connectivity index (χ1n) is 9.62. The third-order valence-electron chi connectivity index (χ3n) is 4.51. The van der Waals surface area contributed by atoms with Gasteiger partial charge in [-0.05, 0) is 26.0 Å². The average molecular weight is 441 g/mol. The fraction of sp³-hybridized carbons (Fsp3) is 0.300. The monoisotopic (exact) mass is 441 g/mol. The molecule has 0 aliphatic carbocycles. The first-order chi connectivity index (χ1) is 15.3. The van der Waals surface area contributed by atoms with E-state index in [-0.39, 0.29) is 64.0 Å². The number of nitrogen functional groups attached to an aromatic ring is 1. The maximum atomic E-state index is 13.2. The molecule has 2 heterocycles. The summed E-state index contributed by atoms with van der Waals surface area (Å²) in [4.78, 5) is 49.5. The second-order valence-electron chi connectivity index (χ2n) is 6.94. The molecule has 168 valence electrons. The van der Waals surface area contributed by atoms with Gasteiger partial charge in [0.15, 0.2) is 18.1 Å². The lowest BCUT2D eigenvalue weighted by atomic mass is 10.2. The van der Waals surface area contributed by atoms with Gasteiger partial charge in [-0.3, -0.25) is 24.3 Å². The Bertz CT molecular complexity index is 1220. The molecular weight excluding hydrogens is 418 g/mol. The molecule has 2 aromatic heterocycles. The summed E-state index contributed by atoms with van der Waals surface area (Å²) in [7, 11) is 2.88. The highest BCUT2D eigenvalue weighted by atomic mass is 16.5. The number of nitrogens with zero attached hydrogens (tertiary/aromatic N) is 4. The molecule has 0 saturated carbocycles. The third-order valence-corrected chi connectivity index (χ3v) is 4.51. The Morgan fingerprint density at radius 1 is 1.22 bits per heavy atom. The van der Waals surface area contributed by atoms with E-state index in [4.69, 9.17) is 15.2 Å². The fourth-order valence-corrected chi connectivity index (χ4v) is 2.94. The third kappa shape index (κ3) is 4.43. The van der Waals surface area contributed by atoms with Crippen molar-refractivity contribution in [1.29, 1.82) is 0 Å². The van der Waals surface area contributed by atoms with Crippen molar-refractivity contribution in [3.63, 3.8) is 0 Å². The number of likely N-dealkylation sites (N-methyl/N-ethyl adjacent to an activating group) is 1. The number of nitrogens with one attached hydrogen (secondary N) is 2. The Morgan fingerprint density at radius 2 is 1.91 bits per heavy atom. The lowest BCUT2D eigenvalue weighted by molar-refractivity contribution is -0.122. The van der Waals surface area contributed by atoms with Gasteiger partial charge in [-0.25, -0.2) is 15.0 Å². The minimum atomic E-state index is -0.573. The molecular formula is C20H23N7O5. The zero-order valence-corrected chi connectivity index (χ0v) is 18.0. The molecule has 0 unspecified atom stereocenters. The molecule has 0 radical (unpaired) electrons. The highest BCUT2D eigenvalue weighted by Crippen LogP contribution is 2.34. The minimum absolute atomic E-state index is 0.000997. The Kier molecular flexibility index (Phi) is 6.52. The lowest BCUT2D eigenvalue weighted by Gasteiger charge is -2.18. The molecule has 32 heavy (non-hydrogen) atoms. The summed E-state index contributed by atoms with van der Waals surface area (Å²) < 4.78 is 12.3. The van der Waals surface area contributed by atoms with Crippen molar-refractivity contribution in [1.82, 2.24) is 24.8 Å². The summed E-state index contributed by atoms with van der Waals surface area (Å²) in [6, 6.07) is 2.75. The van der Waals surface area contributed by atoms with E-state index in [9.17, 15) is 14.4 Å². The van der Waals surface area contributed by atoms with Crippen LogP contribution in [0.25, 0.3) is 10.9 Å². The lowest BCUT2D eigenvalue weighted by Crippen LogP contribution is -2.29. The van der Waals surface area contributed by atoms with Crippen LogP contribution in [0.4, 0.5) is 11.9 Å². The van der Waals surface area contributed by atoms with Crippen LogP contribution in [-0.4, -0.2) is 52.1 Å². The predicted octanol–water partition coefficient (Wildman–Crippen LogP) is 0.735. The number of fused-ring (bicyclic) bond motifs is 1. The Morgan fingerprint density at radius 3 is 2.50 bits per heavy atom. The second-order valence-corrected chi connectivity index (χ2v) is 6.94. The molecule has 12 heteroatoms. The highest BCUT2D eigenvalue weighted by molar-refractivity contribution is 6.03. The first kappa shape index (κ1) is 22.5. The molecule has 0 atom stereocenters. The normalized spacial score (nSPS) is 10.8. The van der Waals surface area contributed by atoms with Gasteiger partial charge in [-0.1, -0.05) is 0 Å². The molecule has 0 saturated heterocycles. The number of amides is 2.